The highest BCUT2D eigenvalue weighted by Crippen LogP contribution is 2.18. The standard InChI is InChI=1S/C10H20N2O2/c1-7-5-11-4-3-9(7)10(14)12-8(2)6-13/h7-9,11,13H,3-6H2,1-2H3,(H,12,14)/t7?,8-,9?/m1/s1. The molecule has 2 unspecified atom stereocenters. The molecule has 0 saturated carbocycles. The van der Waals surface area contributed by atoms with E-state index < -0.39 is 0 Å². The Morgan fingerprint density at radius 2 is 2.43 bits per heavy atom. The Balaban J connectivity index is 2.42. The number of hydrogen-bond donors (Lipinski definition) is 3. The Bertz CT molecular complexity index is 197. The van der Waals surface area contributed by atoms with Crippen LogP contribution in [0.2, 0.25) is 0 Å². The highest BCUT2D eigenvalue weighted by atomic mass is 16.3. The summed E-state index contributed by atoms with van der Waals surface area (Å²) in [4.78, 5) is 11.7. The molecular weight excluding hydrogens is 180 g/mol. The molecule has 4 nitrogen and oxygen atoms in total. The van der Waals surface area contributed by atoms with E-state index in [0.29, 0.717) is 5.92 Å². The van der Waals surface area contributed by atoms with Crippen molar-refractivity contribution < 1.29 is 9.90 Å². The molecule has 1 fully saturated rings. The SMILES string of the molecule is CC1CNCCC1C(=O)N[C@H](C)CO. The van der Waals surface area contributed by atoms with Crippen LogP contribution in [0.1, 0.15) is 20.3 Å². The summed E-state index contributed by atoms with van der Waals surface area (Å²) in [6, 6.07) is -0.135. The number of carbonyl (C=O) groups is 1. The molecule has 0 spiro atoms. The van der Waals surface area contributed by atoms with Crippen LogP contribution in [-0.2, 0) is 4.79 Å². The monoisotopic (exact) mass is 200 g/mol. The van der Waals surface area contributed by atoms with Gasteiger partial charge in [-0.3, -0.25) is 4.79 Å². The predicted molar refractivity (Wildman–Crippen MR) is 54.8 cm³/mol. The number of aliphatic hydroxyl groups excluding tert-OH is 1. The molecule has 82 valence electrons. The van der Waals surface area contributed by atoms with Gasteiger partial charge in [0, 0.05) is 12.0 Å². The van der Waals surface area contributed by atoms with Gasteiger partial charge in [-0.05, 0) is 32.4 Å². The molecule has 0 aromatic carbocycles. The maximum absolute atomic E-state index is 11.7. The fourth-order valence-electron chi connectivity index (χ4n) is 1.80. The van der Waals surface area contributed by atoms with E-state index in [4.69, 9.17) is 5.11 Å². The number of hydrogen-bond acceptors (Lipinski definition) is 3. The summed E-state index contributed by atoms with van der Waals surface area (Å²) in [6.45, 7) is 5.72. The van der Waals surface area contributed by atoms with Gasteiger partial charge in [0.2, 0.25) is 5.91 Å². The lowest BCUT2D eigenvalue weighted by Crippen LogP contribution is -2.46. The molecule has 14 heavy (non-hydrogen) atoms. The Labute approximate surface area is 85.1 Å². The van der Waals surface area contributed by atoms with Gasteiger partial charge in [0.05, 0.1) is 6.61 Å². The van der Waals surface area contributed by atoms with Crippen molar-refractivity contribution in [1.29, 1.82) is 0 Å². The van der Waals surface area contributed by atoms with Gasteiger partial charge < -0.3 is 15.7 Å². The van der Waals surface area contributed by atoms with E-state index in [0.717, 1.165) is 19.5 Å². The average Bonchev–Trinajstić information content (AvgIpc) is 2.18. The normalized spacial score (nSPS) is 29.6. The second kappa shape index (κ2) is 5.32. The highest BCUT2D eigenvalue weighted by molar-refractivity contribution is 5.79. The molecule has 1 saturated heterocycles. The number of amides is 1. The second-order valence-corrected chi connectivity index (χ2v) is 4.17. The molecule has 1 heterocycles. The first-order valence-corrected chi connectivity index (χ1v) is 5.27. The lowest BCUT2D eigenvalue weighted by Gasteiger charge is -2.29. The smallest absolute Gasteiger partial charge is 0.223 e. The molecule has 0 aromatic rings. The van der Waals surface area contributed by atoms with Gasteiger partial charge >= 0.3 is 0 Å². The predicted octanol–water partition coefficient (Wildman–Crippen LogP) is -0.271. The van der Waals surface area contributed by atoms with Gasteiger partial charge in [-0.25, -0.2) is 0 Å². The molecule has 4 heteroatoms. The van der Waals surface area contributed by atoms with Crippen molar-refractivity contribution in [2.75, 3.05) is 19.7 Å². The fourth-order valence-corrected chi connectivity index (χ4v) is 1.80. The van der Waals surface area contributed by atoms with Crippen LogP contribution in [0.5, 0.6) is 0 Å². The Morgan fingerprint density at radius 1 is 1.71 bits per heavy atom. The summed E-state index contributed by atoms with van der Waals surface area (Å²) in [5.41, 5.74) is 0. The first-order valence-electron chi connectivity index (χ1n) is 5.27. The third-order valence-electron chi connectivity index (χ3n) is 2.78. The minimum atomic E-state index is -0.135. The molecule has 0 aliphatic carbocycles. The van der Waals surface area contributed by atoms with Gasteiger partial charge in [0.25, 0.3) is 0 Å². The number of nitrogens with one attached hydrogen (secondary N) is 2. The largest absolute Gasteiger partial charge is 0.394 e. The van der Waals surface area contributed by atoms with Crippen LogP contribution in [0.25, 0.3) is 0 Å². The molecule has 1 aliphatic heterocycles. The molecule has 0 aromatic heterocycles. The van der Waals surface area contributed by atoms with E-state index in [9.17, 15) is 4.79 Å². The second-order valence-electron chi connectivity index (χ2n) is 4.17. The van der Waals surface area contributed by atoms with E-state index in [1.54, 1.807) is 0 Å². The van der Waals surface area contributed by atoms with E-state index in [-0.39, 0.29) is 24.5 Å². The van der Waals surface area contributed by atoms with Crippen molar-refractivity contribution in [3.8, 4) is 0 Å². The lowest BCUT2D eigenvalue weighted by molar-refractivity contribution is -0.128. The molecule has 1 rings (SSSR count). The molecule has 3 N–H and O–H groups in total. The van der Waals surface area contributed by atoms with Gasteiger partial charge in [-0.2, -0.15) is 0 Å². The Morgan fingerprint density at radius 3 is 3.00 bits per heavy atom. The lowest BCUT2D eigenvalue weighted by atomic mass is 9.87. The Hall–Kier alpha value is -0.610. The van der Waals surface area contributed by atoms with E-state index >= 15 is 0 Å². The Kier molecular flexibility index (Phi) is 4.35. The molecule has 0 bridgehead atoms. The summed E-state index contributed by atoms with van der Waals surface area (Å²) >= 11 is 0. The van der Waals surface area contributed by atoms with Crippen LogP contribution >= 0.6 is 0 Å². The number of piperidine rings is 1. The fraction of sp³-hybridized carbons (Fsp3) is 0.900. The maximum atomic E-state index is 11.7. The van der Waals surface area contributed by atoms with E-state index in [1.807, 2.05) is 6.92 Å². The van der Waals surface area contributed by atoms with Gasteiger partial charge in [-0.1, -0.05) is 6.92 Å². The summed E-state index contributed by atoms with van der Waals surface area (Å²) in [6.07, 6.45) is 0.894. The molecule has 1 amide bonds. The third kappa shape index (κ3) is 2.96. The first kappa shape index (κ1) is 11.5. The van der Waals surface area contributed by atoms with Crippen molar-refractivity contribution in [2.45, 2.75) is 26.3 Å². The van der Waals surface area contributed by atoms with E-state index in [2.05, 4.69) is 17.6 Å². The van der Waals surface area contributed by atoms with Crippen molar-refractivity contribution in [3.05, 3.63) is 0 Å². The van der Waals surface area contributed by atoms with Crippen LogP contribution in [-0.4, -0.2) is 36.8 Å². The number of aliphatic hydroxyl groups is 1. The van der Waals surface area contributed by atoms with Crippen LogP contribution in [0.4, 0.5) is 0 Å². The summed E-state index contributed by atoms with van der Waals surface area (Å²) < 4.78 is 0. The van der Waals surface area contributed by atoms with Crippen LogP contribution in [0.3, 0.4) is 0 Å². The molecule has 0 radical (unpaired) electrons. The van der Waals surface area contributed by atoms with Crippen molar-refractivity contribution in [3.63, 3.8) is 0 Å². The van der Waals surface area contributed by atoms with Crippen LogP contribution < -0.4 is 10.6 Å². The topological polar surface area (TPSA) is 61.4 Å². The highest BCUT2D eigenvalue weighted by Gasteiger charge is 2.27. The van der Waals surface area contributed by atoms with Crippen molar-refractivity contribution >= 4 is 5.91 Å². The average molecular weight is 200 g/mol. The van der Waals surface area contributed by atoms with Gasteiger partial charge in [0.1, 0.15) is 0 Å². The zero-order valence-corrected chi connectivity index (χ0v) is 8.92. The maximum Gasteiger partial charge on any atom is 0.223 e. The number of carbonyl (C=O) groups excluding carboxylic acids is 1. The third-order valence-corrected chi connectivity index (χ3v) is 2.78. The summed E-state index contributed by atoms with van der Waals surface area (Å²) in [7, 11) is 0. The molecule has 1 aliphatic rings. The summed E-state index contributed by atoms with van der Waals surface area (Å²) in [5, 5.41) is 14.9. The van der Waals surface area contributed by atoms with Crippen molar-refractivity contribution in [2.24, 2.45) is 11.8 Å². The van der Waals surface area contributed by atoms with Crippen LogP contribution in [0, 0.1) is 11.8 Å². The zero-order valence-electron chi connectivity index (χ0n) is 8.92. The first-order chi connectivity index (χ1) is 6.65. The van der Waals surface area contributed by atoms with Crippen molar-refractivity contribution in [1.82, 2.24) is 10.6 Å². The minimum absolute atomic E-state index is 0.00505. The zero-order chi connectivity index (χ0) is 10.6. The van der Waals surface area contributed by atoms with Crippen LogP contribution in [0.15, 0.2) is 0 Å². The molecule has 3 atom stereocenters. The van der Waals surface area contributed by atoms with Gasteiger partial charge in [0.15, 0.2) is 0 Å². The summed E-state index contributed by atoms with van der Waals surface area (Å²) in [5.74, 6) is 0.570. The quantitative estimate of drug-likeness (QED) is 0.587. The minimum Gasteiger partial charge on any atom is -0.394 e. The molecular formula is C10H20N2O2. The van der Waals surface area contributed by atoms with E-state index in [1.165, 1.54) is 0 Å². The van der Waals surface area contributed by atoms with Gasteiger partial charge in [-0.15, -0.1) is 0 Å². The number of rotatable bonds is 3.